The van der Waals surface area contributed by atoms with Crippen molar-refractivity contribution in [2.75, 3.05) is 25.4 Å². The lowest BCUT2D eigenvalue weighted by atomic mass is 9.77. The standard InChI is InChI=1S/C19H20N4/c20-16-3-1-2-14(12-16)4-5-17-6-7-19(22-21-17)18-13-23-10-8-15(18)9-11-23/h1-3,6-7,12,15,18H,8-11,13,20H2. The summed E-state index contributed by atoms with van der Waals surface area (Å²) >= 11 is 0. The minimum Gasteiger partial charge on any atom is -0.399 e. The fourth-order valence-electron chi connectivity index (χ4n) is 3.66. The Hall–Kier alpha value is -2.38. The van der Waals surface area contributed by atoms with E-state index in [2.05, 4.69) is 33.0 Å². The molecule has 4 nitrogen and oxygen atoms in total. The molecule has 3 aliphatic rings. The van der Waals surface area contributed by atoms with Crippen LogP contribution in [0.1, 0.15) is 35.7 Å². The Balaban J connectivity index is 1.50. The summed E-state index contributed by atoms with van der Waals surface area (Å²) in [5.74, 6) is 7.47. The van der Waals surface area contributed by atoms with Crippen LogP contribution < -0.4 is 5.73 Å². The van der Waals surface area contributed by atoms with E-state index in [-0.39, 0.29) is 0 Å². The predicted molar refractivity (Wildman–Crippen MR) is 90.8 cm³/mol. The van der Waals surface area contributed by atoms with E-state index in [1.807, 2.05) is 30.3 Å². The maximum Gasteiger partial charge on any atom is 0.136 e. The molecule has 0 radical (unpaired) electrons. The van der Waals surface area contributed by atoms with Crippen molar-refractivity contribution in [3.05, 3.63) is 53.3 Å². The lowest BCUT2D eigenvalue weighted by Gasteiger charge is -2.44. The number of benzene rings is 1. The van der Waals surface area contributed by atoms with E-state index in [4.69, 9.17) is 5.73 Å². The van der Waals surface area contributed by atoms with Crippen LogP contribution in [0.3, 0.4) is 0 Å². The van der Waals surface area contributed by atoms with Crippen LogP contribution in [0.15, 0.2) is 36.4 Å². The third-order valence-corrected chi connectivity index (χ3v) is 4.94. The van der Waals surface area contributed by atoms with Gasteiger partial charge in [-0.2, -0.15) is 5.10 Å². The predicted octanol–water partition coefficient (Wildman–Crippen LogP) is 2.27. The highest BCUT2D eigenvalue weighted by Crippen LogP contribution is 2.37. The van der Waals surface area contributed by atoms with E-state index in [1.165, 1.54) is 25.9 Å². The van der Waals surface area contributed by atoms with Gasteiger partial charge in [0.25, 0.3) is 0 Å². The largest absolute Gasteiger partial charge is 0.399 e. The Bertz CT molecular complexity index is 749. The van der Waals surface area contributed by atoms with Crippen molar-refractivity contribution in [1.29, 1.82) is 0 Å². The molecule has 23 heavy (non-hydrogen) atoms. The van der Waals surface area contributed by atoms with E-state index < -0.39 is 0 Å². The van der Waals surface area contributed by atoms with Crippen molar-refractivity contribution in [3.8, 4) is 11.8 Å². The van der Waals surface area contributed by atoms with Gasteiger partial charge in [-0.15, -0.1) is 5.10 Å². The Morgan fingerprint density at radius 2 is 1.91 bits per heavy atom. The maximum absolute atomic E-state index is 5.76. The number of nitrogen functional groups attached to an aromatic ring is 1. The lowest BCUT2D eigenvalue weighted by Crippen LogP contribution is -2.46. The zero-order chi connectivity index (χ0) is 15.6. The van der Waals surface area contributed by atoms with Crippen molar-refractivity contribution in [3.63, 3.8) is 0 Å². The fraction of sp³-hybridized carbons (Fsp3) is 0.368. The molecule has 4 heterocycles. The van der Waals surface area contributed by atoms with Gasteiger partial charge in [0.05, 0.1) is 5.69 Å². The second kappa shape index (κ2) is 6.02. The van der Waals surface area contributed by atoms with Gasteiger partial charge in [0, 0.05) is 23.7 Å². The normalized spacial score (nSPS) is 25.7. The van der Waals surface area contributed by atoms with E-state index in [9.17, 15) is 0 Å². The second-order valence-corrected chi connectivity index (χ2v) is 6.46. The van der Waals surface area contributed by atoms with Crippen LogP contribution in [0.25, 0.3) is 0 Å². The molecule has 2 bridgehead atoms. The summed E-state index contributed by atoms with van der Waals surface area (Å²) in [7, 11) is 0. The summed E-state index contributed by atoms with van der Waals surface area (Å²) in [4.78, 5) is 2.54. The summed E-state index contributed by atoms with van der Waals surface area (Å²) in [6.07, 6.45) is 2.59. The fourth-order valence-corrected chi connectivity index (χ4v) is 3.66. The minimum atomic E-state index is 0.543. The molecule has 1 unspecified atom stereocenters. The van der Waals surface area contributed by atoms with E-state index in [1.54, 1.807) is 0 Å². The third-order valence-electron chi connectivity index (χ3n) is 4.94. The van der Waals surface area contributed by atoms with Crippen LogP contribution >= 0.6 is 0 Å². The first-order chi connectivity index (χ1) is 11.3. The SMILES string of the molecule is Nc1cccc(C#Cc2ccc(C3CN4CCC3CC4)nn2)c1. The van der Waals surface area contributed by atoms with Crippen LogP contribution in [-0.2, 0) is 0 Å². The van der Waals surface area contributed by atoms with Crippen molar-refractivity contribution in [1.82, 2.24) is 15.1 Å². The molecule has 2 N–H and O–H groups in total. The topological polar surface area (TPSA) is 55.0 Å². The van der Waals surface area contributed by atoms with Gasteiger partial charge in [-0.25, -0.2) is 0 Å². The summed E-state index contributed by atoms with van der Waals surface area (Å²) in [5, 5.41) is 8.75. The molecule has 0 amide bonds. The smallest absolute Gasteiger partial charge is 0.136 e. The first-order valence-corrected chi connectivity index (χ1v) is 8.21. The van der Waals surface area contributed by atoms with Gasteiger partial charge in [0.1, 0.15) is 5.69 Å². The molecule has 1 aromatic carbocycles. The average Bonchev–Trinajstić information content (AvgIpc) is 2.61. The van der Waals surface area contributed by atoms with Gasteiger partial charge >= 0.3 is 0 Å². The Morgan fingerprint density at radius 1 is 1.04 bits per heavy atom. The highest BCUT2D eigenvalue weighted by molar-refractivity contribution is 5.48. The Kier molecular flexibility index (Phi) is 3.72. The summed E-state index contributed by atoms with van der Waals surface area (Å²) in [6, 6.07) is 11.7. The minimum absolute atomic E-state index is 0.543. The molecule has 4 heteroatoms. The number of aromatic nitrogens is 2. The van der Waals surface area contributed by atoms with Crippen LogP contribution in [0.4, 0.5) is 5.69 Å². The van der Waals surface area contributed by atoms with Crippen molar-refractivity contribution < 1.29 is 0 Å². The molecule has 116 valence electrons. The number of hydrogen-bond acceptors (Lipinski definition) is 4. The average molecular weight is 304 g/mol. The summed E-state index contributed by atoms with van der Waals surface area (Å²) in [6.45, 7) is 3.63. The quantitative estimate of drug-likeness (QED) is 0.648. The molecule has 0 saturated carbocycles. The lowest BCUT2D eigenvalue weighted by molar-refractivity contribution is 0.0850. The Labute approximate surface area is 136 Å². The number of hydrogen-bond donors (Lipinski definition) is 1. The van der Waals surface area contributed by atoms with Gasteiger partial charge in [0.2, 0.25) is 0 Å². The molecule has 2 aromatic rings. The van der Waals surface area contributed by atoms with Crippen LogP contribution in [0, 0.1) is 17.8 Å². The van der Waals surface area contributed by atoms with Crippen molar-refractivity contribution >= 4 is 5.69 Å². The highest BCUT2D eigenvalue weighted by atomic mass is 15.2. The van der Waals surface area contributed by atoms with Gasteiger partial charge in [-0.1, -0.05) is 12.0 Å². The number of nitrogens with zero attached hydrogens (tertiary/aromatic N) is 3. The van der Waals surface area contributed by atoms with Gasteiger partial charge in [-0.3, -0.25) is 0 Å². The van der Waals surface area contributed by atoms with Crippen LogP contribution in [0.5, 0.6) is 0 Å². The van der Waals surface area contributed by atoms with E-state index >= 15 is 0 Å². The summed E-state index contributed by atoms with van der Waals surface area (Å²) in [5.41, 5.74) is 9.20. The Morgan fingerprint density at radius 3 is 2.57 bits per heavy atom. The molecule has 1 atom stereocenters. The molecule has 3 saturated heterocycles. The van der Waals surface area contributed by atoms with Gasteiger partial charge in [-0.05, 0) is 68.1 Å². The molecule has 3 aliphatic heterocycles. The zero-order valence-corrected chi connectivity index (χ0v) is 13.1. The first-order valence-electron chi connectivity index (χ1n) is 8.21. The van der Waals surface area contributed by atoms with Gasteiger partial charge < -0.3 is 10.6 Å². The molecular weight excluding hydrogens is 284 g/mol. The van der Waals surface area contributed by atoms with Crippen molar-refractivity contribution in [2.45, 2.75) is 18.8 Å². The number of rotatable bonds is 1. The molecular formula is C19H20N4. The van der Waals surface area contributed by atoms with Crippen molar-refractivity contribution in [2.24, 2.45) is 5.92 Å². The molecule has 0 aliphatic carbocycles. The monoisotopic (exact) mass is 304 g/mol. The molecule has 3 fully saturated rings. The first kappa shape index (κ1) is 14.2. The number of piperidine rings is 3. The van der Waals surface area contributed by atoms with E-state index in [0.717, 1.165) is 29.4 Å². The highest BCUT2D eigenvalue weighted by Gasteiger charge is 2.35. The number of anilines is 1. The molecule has 0 spiro atoms. The molecule has 1 aromatic heterocycles. The second-order valence-electron chi connectivity index (χ2n) is 6.46. The number of fused-ring (bicyclic) bond motifs is 3. The molecule has 5 rings (SSSR count). The van der Waals surface area contributed by atoms with Crippen LogP contribution in [-0.4, -0.2) is 34.7 Å². The zero-order valence-electron chi connectivity index (χ0n) is 13.1. The van der Waals surface area contributed by atoms with Crippen LogP contribution in [0.2, 0.25) is 0 Å². The maximum atomic E-state index is 5.76. The third kappa shape index (κ3) is 3.06. The summed E-state index contributed by atoms with van der Waals surface area (Å²) < 4.78 is 0. The number of nitrogens with two attached hydrogens (primary N) is 1. The van der Waals surface area contributed by atoms with E-state index in [0.29, 0.717) is 11.6 Å². The van der Waals surface area contributed by atoms with Gasteiger partial charge in [0.15, 0.2) is 0 Å².